The molecule has 0 spiro atoms. The molecule has 0 saturated heterocycles. The molecule has 28 heavy (non-hydrogen) atoms. The van der Waals surface area contributed by atoms with E-state index >= 15 is 0 Å². The first-order valence-corrected chi connectivity index (χ1v) is 10.0. The van der Waals surface area contributed by atoms with E-state index < -0.39 is 5.60 Å². The van der Waals surface area contributed by atoms with Crippen LogP contribution in [0.25, 0.3) is 5.82 Å². The van der Waals surface area contributed by atoms with Crippen molar-refractivity contribution in [1.82, 2.24) is 19.5 Å². The standard InChI is InChI=1S/C21H22ClN5O/c1-13-8-19(25-18-10-16(22)6-7-23-18)26-20(9-13)27-11-17(24-12-27)21(28,14-2-3-14)15-4-5-15/h6-12,14-15,28H,2-5H2,1H3,(H,23,25,26). The van der Waals surface area contributed by atoms with Crippen molar-refractivity contribution < 1.29 is 5.11 Å². The van der Waals surface area contributed by atoms with Gasteiger partial charge in [0.2, 0.25) is 0 Å². The number of rotatable bonds is 6. The lowest BCUT2D eigenvalue weighted by Crippen LogP contribution is -2.31. The lowest BCUT2D eigenvalue weighted by molar-refractivity contribution is -0.0140. The van der Waals surface area contributed by atoms with Gasteiger partial charge in [-0.15, -0.1) is 0 Å². The van der Waals surface area contributed by atoms with E-state index in [0.717, 1.165) is 42.8 Å². The predicted octanol–water partition coefficient (Wildman–Crippen LogP) is 4.38. The molecule has 0 atom stereocenters. The molecule has 2 aliphatic rings. The minimum atomic E-state index is -0.777. The van der Waals surface area contributed by atoms with Crippen molar-refractivity contribution in [3.63, 3.8) is 0 Å². The summed E-state index contributed by atoms with van der Waals surface area (Å²) in [5.41, 5.74) is 1.05. The summed E-state index contributed by atoms with van der Waals surface area (Å²) in [4.78, 5) is 13.5. The number of imidazole rings is 1. The Hall–Kier alpha value is -2.44. The zero-order chi connectivity index (χ0) is 19.3. The van der Waals surface area contributed by atoms with Gasteiger partial charge >= 0.3 is 0 Å². The average Bonchev–Trinajstić information content (AvgIpc) is 3.58. The number of aromatic nitrogens is 4. The molecule has 2 N–H and O–H groups in total. The second-order valence-corrected chi connectivity index (χ2v) is 8.35. The molecule has 0 radical (unpaired) electrons. The van der Waals surface area contributed by atoms with Crippen LogP contribution in [0.1, 0.15) is 36.9 Å². The molecule has 6 nitrogen and oxygen atoms in total. The third-order valence-electron chi connectivity index (χ3n) is 5.59. The Morgan fingerprint density at radius 2 is 1.86 bits per heavy atom. The molecule has 0 bridgehead atoms. The Balaban J connectivity index is 1.45. The highest BCUT2D eigenvalue weighted by molar-refractivity contribution is 6.30. The Labute approximate surface area is 168 Å². The first kappa shape index (κ1) is 17.6. The highest BCUT2D eigenvalue weighted by Gasteiger charge is 2.55. The smallest absolute Gasteiger partial charge is 0.140 e. The number of aliphatic hydroxyl groups is 1. The van der Waals surface area contributed by atoms with Crippen LogP contribution in [0.2, 0.25) is 5.02 Å². The van der Waals surface area contributed by atoms with Crippen molar-refractivity contribution >= 4 is 23.2 Å². The number of anilines is 2. The van der Waals surface area contributed by atoms with Gasteiger partial charge in [-0.1, -0.05) is 11.6 Å². The first-order chi connectivity index (χ1) is 13.5. The minimum absolute atomic E-state index is 0.347. The topological polar surface area (TPSA) is 75.9 Å². The Morgan fingerprint density at radius 3 is 2.54 bits per heavy atom. The average molecular weight is 396 g/mol. The van der Waals surface area contributed by atoms with Crippen LogP contribution in [0.15, 0.2) is 43.0 Å². The summed E-state index contributed by atoms with van der Waals surface area (Å²) in [7, 11) is 0. The fraction of sp³-hybridized carbons (Fsp3) is 0.381. The number of hydrogen-bond donors (Lipinski definition) is 2. The molecule has 144 valence electrons. The summed E-state index contributed by atoms with van der Waals surface area (Å²) in [6.45, 7) is 2.02. The fourth-order valence-electron chi connectivity index (χ4n) is 3.90. The van der Waals surface area contributed by atoms with Gasteiger partial charge in [-0.2, -0.15) is 0 Å². The SMILES string of the molecule is Cc1cc(Nc2cc(Cl)ccn2)nc(-n2cnc(C(O)(C3CC3)C3CC3)c2)c1. The summed E-state index contributed by atoms with van der Waals surface area (Å²) in [6.07, 6.45) is 9.67. The van der Waals surface area contributed by atoms with E-state index in [1.165, 1.54) is 0 Å². The summed E-state index contributed by atoms with van der Waals surface area (Å²) in [5, 5.41) is 15.1. The number of hydrogen-bond acceptors (Lipinski definition) is 5. The lowest BCUT2D eigenvalue weighted by Gasteiger charge is -2.26. The van der Waals surface area contributed by atoms with Crippen LogP contribution in [-0.2, 0) is 5.60 Å². The van der Waals surface area contributed by atoms with Crippen molar-refractivity contribution in [2.75, 3.05) is 5.32 Å². The van der Waals surface area contributed by atoms with Gasteiger partial charge in [0, 0.05) is 17.4 Å². The maximum absolute atomic E-state index is 11.3. The van der Waals surface area contributed by atoms with Gasteiger partial charge in [-0.05, 0) is 74.3 Å². The highest BCUT2D eigenvalue weighted by Crippen LogP contribution is 2.57. The quantitative estimate of drug-likeness (QED) is 0.647. The molecule has 3 aromatic rings. The minimum Gasteiger partial charge on any atom is -0.383 e. The maximum atomic E-state index is 11.3. The van der Waals surface area contributed by atoms with Gasteiger partial charge in [0.15, 0.2) is 0 Å². The summed E-state index contributed by atoms with van der Waals surface area (Å²) in [5.74, 6) is 2.76. The largest absolute Gasteiger partial charge is 0.383 e. The zero-order valence-electron chi connectivity index (χ0n) is 15.6. The molecular formula is C21H22ClN5O. The second-order valence-electron chi connectivity index (χ2n) is 7.91. The normalized spacial score (nSPS) is 17.0. The predicted molar refractivity (Wildman–Crippen MR) is 108 cm³/mol. The summed E-state index contributed by atoms with van der Waals surface area (Å²) < 4.78 is 1.88. The molecule has 2 aliphatic carbocycles. The van der Waals surface area contributed by atoms with E-state index in [2.05, 4.69) is 15.3 Å². The maximum Gasteiger partial charge on any atom is 0.140 e. The summed E-state index contributed by atoms with van der Waals surface area (Å²) >= 11 is 6.04. The fourth-order valence-corrected chi connectivity index (χ4v) is 4.06. The third-order valence-corrected chi connectivity index (χ3v) is 5.83. The number of nitrogens with one attached hydrogen (secondary N) is 1. The Bertz CT molecular complexity index is 1010. The highest BCUT2D eigenvalue weighted by atomic mass is 35.5. The van der Waals surface area contributed by atoms with Crippen molar-refractivity contribution in [2.24, 2.45) is 11.8 Å². The molecule has 3 heterocycles. The lowest BCUT2D eigenvalue weighted by atomic mass is 9.89. The Morgan fingerprint density at radius 1 is 1.11 bits per heavy atom. The van der Waals surface area contributed by atoms with E-state index in [1.54, 1.807) is 24.7 Å². The summed E-state index contributed by atoms with van der Waals surface area (Å²) in [6, 6.07) is 7.44. The second kappa shape index (κ2) is 6.57. The zero-order valence-corrected chi connectivity index (χ0v) is 16.4. The van der Waals surface area contributed by atoms with Crippen LogP contribution in [0.5, 0.6) is 0 Å². The van der Waals surface area contributed by atoms with Gasteiger partial charge < -0.3 is 10.4 Å². The van der Waals surface area contributed by atoms with Gasteiger partial charge in [0.05, 0.1) is 5.69 Å². The van der Waals surface area contributed by atoms with Crippen LogP contribution in [0.3, 0.4) is 0 Å². The van der Waals surface area contributed by atoms with Gasteiger partial charge in [0.25, 0.3) is 0 Å². The molecule has 0 aromatic carbocycles. The van der Waals surface area contributed by atoms with Crippen molar-refractivity contribution in [3.8, 4) is 5.82 Å². The molecular weight excluding hydrogens is 374 g/mol. The number of pyridine rings is 2. The van der Waals surface area contributed by atoms with Gasteiger partial charge in [0.1, 0.15) is 29.4 Å². The molecule has 0 aliphatic heterocycles. The molecule has 0 amide bonds. The number of halogens is 1. The van der Waals surface area contributed by atoms with Crippen LogP contribution in [-0.4, -0.2) is 24.6 Å². The Kier molecular flexibility index (Phi) is 4.14. The molecule has 2 fully saturated rings. The molecule has 0 unspecified atom stereocenters. The van der Waals surface area contributed by atoms with E-state index in [9.17, 15) is 5.11 Å². The van der Waals surface area contributed by atoms with Crippen molar-refractivity contribution in [3.05, 3.63) is 59.3 Å². The van der Waals surface area contributed by atoms with Crippen LogP contribution >= 0.6 is 11.6 Å². The molecule has 7 heteroatoms. The van der Waals surface area contributed by atoms with E-state index in [0.29, 0.717) is 28.5 Å². The van der Waals surface area contributed by atoms with Gasteiger partial charge in [-0.3, -0.25) is 4.57 Å². The van der Waals surface area contributed by atoms with Gasteiger partial charge in [-0.25, -0.2) is 15.0 Å². The molecule has 3 aromatic heterocycles. The van der Waals surface area contributed by atoms with Crippen molar-refractivity contribution in [2.45, 2.75) is 38.2 Å². The van der Waals surface area contributed by atoms with Crippen LogP contribution in [0.4, 0.5) is 11.6 Å². The number of nitrogens with zero attached hydrogens (tertiary/aromatic N) is 4. The molecule has 5 rings (SSSR count). The van der Waals surface area contributed by atoms with Crippen LogP contribution < -0.4 is 5.32 Å². The van der Waals surface area contributed by atoms with Crippen LogP contribution in [0, 0.1) is 18.8 Å². The number of aryl methyl sites for hydroxylation is 1. The first-order valence-electron chi connectivity index (χ1n) is 9.67. The monoisotopic (exact) mass is 395 g/mol. The van der Waals surface area contributed by atoms with Crippen molar-refractivity contribution in [1.29, 1.82) is 0 Å². The third kappa shape index (κ3) is 3.27. The van der Waals surface area contributed by atoms with E-state index in [-0.39, 0.29) is 0 Å². The molecule has 2 saturated carbocycles. The van der Waals surface area contributed by atoms with E-state index in [1.807, 2.05) is 29.8 Å². The van der Waals surface area contributed by atoms with E-state index in [4.69, 9.17) is 16.6 Å².